The summed E-state index contributed by atoms with van der Waals surface area (Å²) in [6.07, 6.45) is -0.457. The fourth-order valence-electron chi connectivity index (χ4n) is 0.612. The number of nitrogens with zero attached hydrogens (tertiary/aromatic N) is 1. The van der Waals surface area contributed by atoms with E-state index in [-0.39, 0.29) is 14.3 Å². The molecule has 0 aliphatic heterocycles. The molecule has 0 saturated heterocycles. The number of carbonyl (C=O) groups is 2. The SMILES string of the molecule is CC(=O)PN(C)C(=O)OC(C)(C)C. The molecule has 0 heterocycles. The molecular weight excluding hydrogens is 189 g/mol. The predicted octanol–water partition coefficient (Wildman–Crippen LogP) is 1.99. The van der Waals surface area contributed by atoms with Crippen molar-refractivity contribution in [3.8, 4) is 0 Å². The second kappa shape index (κ2) is 4.56. The highest BCUT2D eigenvalue weighted by Gasteiger charge is 2.19. The Morgan fingerprint density at radius 1 is 1.31 bits per heavy atom. The number of carbonyl (C=O) groups excluding carboxylic acids is 2. The Balaban J connectivity index is 4.05. The molecule has 1 unspecified atom stereocenters. The van der Waals surface area contributed by atoms with E-state index in [2.05, 4.69) is 0 Å². The Labute approximate surface area is 80.5 Å². The van der Waals surface area contributed by atoms with Crippen LogP contribution >= 0.6 is 8.73 Å². The van der Waals surface area contributed by atoms with E-state index in [1.165, 1.54) is 11.6 Å². The van der Waals surface area contributed by atoms with Gasteiger partial charge in [0.05, 0.1) is 8.73 Å². The van der Waals surface area contributed by atoms with E-state index in [1.54, 1.807) is 27.8 Å². The predicted molar refractivity (Wildman–Crippen MR) is 53.0 cm³/mol. The van der Waals surface area contributed by atoms with Gasteiger partial charge in [-0.2, -0.15) is 0 Å². The number of ether oxygens (including phenoxy) is 1. The Morgan fingerprint density at radius 3 is 2.08 bits per heavy atom. The van der Waals surface area contributed by atoms with Crippen LogP contribution in [0.15, 0.2) is 0 Å². The van der Waals surface area contributed by atoms with E-state index in [1.807, 2.05) is 0 Å². The van der Waals surface area contributed by atoms with E-state index in [0.29, 0.717) is 0 Å². The molecule has 1 atom stereocenters. The minimum atomic E-state index is -0.507. The lowest BCUT2D eigenvalue weighted by molar-refractivity contribution is -0.109. The zero-order chi connectivity index (χ0) is 10.6. The third-order valence-electron chi connectivity index (χ3n) is 0.993. The van der Waals surface area contributed by atoms with Crippen molar-refractivity contribution in [2.24, 2.45) is 0 Å². The Morgan fingerprint density at radius 2 is 1.77 bits per heavy atom. The molecule has 4 nitrogen and oxygen atoms in total. The van der Waals surface area contributed by atoms with Gasteiger partial charge in [-0.3, -0.25) is 9.46 Å². The summed E-state index contributed by atoms with van der Waals surface area (Å²) >= 11 is 0. The van der Waals surface area contributed by atoms with Gasteiger partial charge in [-0.15, -0.1) is 0 Å². The summed E-state index contributed by atoms with van der Waals surface area (Å²) in [5.41, 5.74) is -0.541. The van der Waals surface area contributed by atoms with E-state index in [0.717, 1.165) is 0 Å². The zero-order valence-corrected chi connectivity index (χ0v) is 9.67. The monoisotopic (exact) mass is 205 g/mol. The normalized spacial score (nSPS) is 11.8. The summed E-state index contributed by atoms with van der Waals surface area (Å²) in [7, 11) is 1.40. The molecule has 1 amide bonds. The number of amides is 1. The molecule has 0 fully saturated rings. The van der Waals surface area contributed by atoms with Crippen LogP contribution in [-0.4, -0.2) is 28.9 Å². The fraction of sp³-hybridized carbons (Fsp3) is 0.750. The summed E-state index contributed by atoms with van der Waals surface area (Å²) in [6.45, 7) is 6.81. The maximum Gasteiger partial charge on any atom is 0.413 e. The lowest BCUT2D eigenvalue weighted by atomic mass is 10.2. The van der Waals surface area contributed by atoms with Crippen LogP contribution in [0.4, 0.5) is 4.79 Å². The molecule has 0 aromatic heterocycles. The maximum absolute atomic E-state index is 11.3. The Kier molecular flexibility index (Phi) is 4.34. The van der Waals surface area contributed by atoms with Gasteiger partial charge in [0.15, 0.2) is 5.52 Å². The summed E-state index contributed by atoms with van der Waals surface area (Å²) < 4.78 is 6.33. The molecule has 5 heteroatoms. The largest absolute Gasteiger partial charge is 0.444 e. The van der Waals surface area contributed by atoms with Crippen molar-refractivity contribution in [3.05, 3.63) is 0 Å². The van der Waals surface area contributed by atoms with Crippen LogP contribution in [0.1, 0.15) is 27.7 Å². The van der Waals surface area contributed by atoms with Crippen LogP contribution in [0, 0.1) is 0 Å². The highest BCUT2D eigenvalue weighted by Crippen LogP contribution is 2.19. The second-order valence-corrected chi connectivity index (χ2v) is 5.31. The summed E-state index contributed by atoms with van der Waals surface area (Å²) in [6, 6.07) is 0. The van der Waals surface area contributed by atoms with E-state index < -0.39 is 11.7 Å². The van der Waals surface area contributed by atoms with E-state index >= 15 is 0 Å². The van der Waals surface area contributed by atoms with Gasteiger partial charge in [-0.05, 0) is 20.8 Å². The van der Waals surface area contributed by atoms with Crippen LogP contribution in [-0.2, 0) is 9.53 Å². The van der Waals surface area contributed by atoms with Crippen LogP contribution in [0.2, 0.25) is 0 Å². The van der Waals surface area contributed by atoms with Gasteiger partial charge in [0.1, 0.15) is 5.60 Å². The smallest absolute Gasteiger partial charge is 0.413 e. The van der Waals surface area contributed by atoms with Gasteiger partial charge in [-0.25, -0.2) is 4.79 Å². The van der Waals surface area contributed by atoms with Gasteiger partial charge < -0.3 is 4.74 Å². The summed E-state index contributed by atoms with van der Waals surface area (Å²) in [5, 5.41) is 0. The molecule has 0 aromatic rings. The molecule has 0 aliphatic carbocycles. The van der Waals surface area contributed by atoms with Crippen LogP contribution in [0.5, 0.6) is 0 Å². The van der Waals surface area contributed by atoms with E-state index in [9.17, 15) is 9.59 Å². The highest BCUT2D eigenvalue weighted by molar-refractivity contribution is 7.56. The highest BCUT2D eigenvalue weighted by atomic mass is 31.1. The van der Waals surface area contributed by atoms with Crippen molar-refractivity contribution in [1.82, 2.24) is 4.67 Å². The molecule has 0 spiro atoms. The average molecular weight is 205 g/mol. The maximum atomic E-state index is 11.3. The molecule has 0 rings (SSSR count). The van der Waals surface area contributed by atoms with Gasteiger partial charge in [0, 0.05) is 14.0 Å². The number of hydrogen-bond donors (Lipinski definition) is 0. The van der Waals surface area contributed by atoms with Gasteiger partial charge >= 0.3 is 6.09 Å². The minimum Gasteiger partial charge on any atom is -0.444 e. The first-order valence-electron chi connectivity index (χ1n) is 3.96. The van der Waals surface area contributed by atoms with Crippen LogP contribution in [0.25, 0.3) is 0 Å². The minimum absolute atomic E-state index is 0.0339. The quantitative estimate of drug-likeness (QED) is 0.647. The molecular formula is C8H16NO3P. The van der Waals surface area contributed by atoms with Crippen LogP contribution < -0.4 is 0 Å². The molecule has 76 valence electrons. The molecule has 0 radical (unpaired) electrons. The lowest BCUT2D eigenvalue weighted by Gasteiger charge is -2.23. The average Bonchev–Trinajstić information content (AvgIpc) is 1.81. The first-order chi connectivity index (χ1) is 5.72. The van der Waals surface area contributed by atoms with Crippen molar-refractivity contribution in [2.45, 2.75) is 33.3 Å². The van der Waals surface area contributed by atoms with Gasteiger partial charge in [0.25, 0.3) is 0 Å². The topological polar surface area (TPSA) is 46.6 Å². The molecule has 0 aliphatic rings. The summed E-state index contributed by atoms with van der Waals surface area (Å²) in [4.78, 5) is 21.9. The van der Waals surface area contributed by atoms with E-state index in [4.69, 9.17) is 4.74 Å². The second-order valence-electron chi connectivity index (χ2n) is 3.71. The van der Waals surface area contributed by atoms with Crippen molar-refractivity contribution >= 4 is 20.3 Å². The van der Waals surface area contributed by atoms with Crippen LogP contribution in [0.3, 0.4) is 0 Å². The molecule has 0 saturated carbocycles. The van der Waals surface area contributed by atoms with Gasteiger partial charge in [-0.1, -0.05) is 0 Å². The van der Waals surface area contributed by atoms with Crippen molar-refractivity contribution in [2.75, 3.05) is 7.05 Å². The number of rotatable bonds is 2. The van der Waals surface area contributed by atoms with Crippen molar-refractivity contribution in [3.63, 3.8) is 0 Å². The third kappa shape index (κ3) is 6.52. The Bertz CT molecular complexity index is 210. The first kappa shape index (κ1) is 12.4. The standard InChI is InChI=1S/C8H16NO3P/c1-6(10)13-9(5)7(11)12-8(2,3)4/h13H,1-5H3. The lowest BCUT2D eigenvalue weighted by Crippen LogP contribution is -2.30. The third-order valence-corrected chi connectivity index (χ3v) is 1.83. The molecule has 0 bridgehead atoms. The fourth-order valence-corrected chi connectivity index (χ4v) is 1.22. The van der Waals surface area contributed by atoms with Gasteiger partial charge in [0.2, 0.25) is 0 Å². The molecule has 13 heavy (non-hydrogen) atoms. The number of hydrogen-bond acceptors (Lipinski definition) is 3. The first-order valence-corrected chi connectivity index (χ1v) is 4.91. The van der Waals surface area contributed by atoms with Crippen molar-refractivity contribution in [1.29, 1.82) is 0 Å². The summed E-state index contributed by atoms with van der Waals surface area (Å²) in [5.74, 6) is 0. The van der Waals surface area contributed by atoms with Crippen molar-refractivity contribution < 1.29 is 14.3 Å². The molecule has 0 N–H and O–H groups in total. The molecule has 0 aromatic carbocycles. The Hall–Kier alpha value is -0.630. The zero-order valence-electron chi connectivity index (χ0n) is 8.67.